The zero-order chi connectivity index (χ0) is 12.3. The summed E-state index contributed by atoms with van der Waals surface area (Å²) in [6, 6.07) is 9.21. The fourth-order valence-corrected chi connectivity index (χ4v) is 3.31. The summed E-state index contributed by atoms with van der Waals surface area (Å²) < 4.78 is 5.33. The fourth-order valence-electron chi connectivity index (χ4n) is 1.98. The minimum absolute atomic E-state index is 0.241. The zero-order valence-electron chi connectivity index (χ0n) is 10.1. The normalized spacial score (nSPS) is 24.5. The molecule has 1 amide bonds. The van der Waals surface area contributed by atoms with Crippen molar-refractivity contribution in [3.63, 3.8) is 0 Å². The Morgan fingerprint density at radius 1 is 1.24 bits per heavy atom. The molecule has 1 aromatic carbocycles. The highest BCUT2D eigenvalue weighted by Crippen LogP contribution is 2.25. The Balaban J connectivity index is 1.96. The Kier molecular flexibility index (Phi) is 3.94. The number of carbonyl (C=O) groups excluding carboxylic acids is 1. The molecule has 1 aliphatic heterocycles. The van der Waals surface area contributed by atoms with E-state index in [9.17, 15) is 4.79 Å². The maximum Gasteiger partial charge on any atom is 0.415 e. The van der Waals surface area contributed by atoms with Gasteiger partial charge in [0.25, 0.3) is 0 Å². The molecule has 2 atom stereocenters. The summed E-state index contributed by atoms with van der Waals surface area (Å²) in [6.07, 6.45) is -0.241. The molecule has 17 heavy (non-hydrogen) atoms. The lowest BCUT2D eigenvalue weighted by atomic mass is 10.3. The summed E-state index contributed by atoms with van der Waals surface area (Å²) in [4.78, 5) is 13.7. The number of thioether (sulfide) groups is 1. The Morgan fingerprint density at radius 3 is 2.41 bits per heavy atom. The third-order valence-electron chi connectivity index (χ3n) is 2.63. The Labute approximate surface area is 106 Å². The van der Waals surface area contributed by atoms with Crippen LogP contribution in [0.1, 0.15) is 13.8 Å². The van der Waals surface area contributed by atoms with Gasteiger partial charge in [-0.1, -0.05) is 32.0 Å². The molecule has 0 saturated carbocycles. The van der Waals surface area contributed by atoms with E-state index in [4.69, 9.17) is 4.74 Å². The molecule has 4 heteroatoms. The lowest BCUT2D eigenvalue weighted by molar-refractivity contribution is 0.151. The van der Waals surface area contributed by atoms with Gasteiger partial charge in [0.1, 0.15) is 5.75 Å². The van der Waals surface area contributed by atoms with E-state index in [1.165, 1.54) is 0 Å². The minimum atomic E-state index is -0.241. The molecular formula is C13H17NO2S. The molecule has 2 rings (SSSR count). The largest absolute Gasteiger partial charge is 0.415 e. The van der Waals surface area contributed by atoms with E-state index in [-0.39, 0.29) is 6.09 Å². The Hall–Kier alpha value is -1.16. The lowest BCUT2D eigenvalue weighted by Crippen LogP contribution is -2.45. The highest BCUT2D eigenvalue weighted by Gasteiger charge is 2.26. The van der Waals surface area contributed by atoms with Gasteiger partial charge in [-0.05, 0) is 12.1 Å². The standard InChI is InChI=1S/C13H17NO2S/c1-10-8-14(9-11(2)17-10)13(15)16-12-6-4-3-5-7-12/h3-7,10-11H,8-9H2,1-2H3. The molecule has 0 spiro atoms. The van der Waals surface area contributed by atoms with Crippen LogP contribution in [0.3, 0.4) is 0 Å². The number of hydrogen-bond acceptors (Lipinski definition) is 3. The van der Waals surface area contributed by atoms with Crippen LogP contribution in [0.5, 0.6) is 5.75 Å². The van der Waals surface area contributed by atoms with E-state index in [1.807, 2.05) is 30.0 Å². The summed E-state index contributed by atoms with van der Waals surface area (Å²) in [5.74, 6) is 0.607. The zero-order valence-corrected chi connectivity index (χ0v) is 10.9. The van der Waals surface area contributed by atoms with Crippen molar-refractivity contribution in [2.75, 3.05) is 13.1 Å². The van der Waals surface area contributed by atoms with Crippen LogP contribution < -0.4 is 4.74 Å². The Bertz CT molecular complexity index is 372. The van der Waals surface area contributed by atoms with Crippen molar-refractivity contribution in [2.45, 2.75) is 24.3 Å². The van der Waals surface area contributed by atoms with Gasteiger partial charge in [-0.2, -0.15) is 11.8 Å². The van der Waals surface area contributed by atoms with Crippen LogP contribution in [0.4, 0.5) is 4.79 Å². The number of nitrogens with zero attached hydrogens (tertiary/aromatic N) is 1. The monoisotopic (exact) mass is 251 g/mol. The van der Waals surface area contributed by atoms with Crippen molar-refractivity contribution in [1.29, 1.82) is 0 Å². The molecule has 92 valence electrons. The third-order valence-corrected chi connectivity index (χ3v) is 3.85. The molecule has 1 saturated heterocycles. The van der Waals surface area contributed by atoms with Crippen LogP contribution >= 0.6 is 11.8 Å². The molecule has 1 aliphatic rings. The first-order chi connectivity index (χ1) is 8.15. The van der Waals surface area contributed by atoms with Crippen LogP contribution in [0.25, 0.3) is 0 Å². The first-order valence-corrected chi connectivity index (χ1v) is 6.76. The Morgan fingerprint density at radius 2 is 1.82 bits per heavy atom. The number of ether oxygens (including phenoxy) is 1. The molecular weight excluding hydrogens is 234 g/mol. The van der Waals surface area contributed by atoms with E-state index >= 15 is 0 Å². The van der Waals surface area contributed by atoms with Crippen molar-refractivity contribution < 1.29 is 9.53 Å². The van der Waals surface area contributed by atoms with Crippen LogP contribution in [0.15, 0.2) is 30.3 Å². The topological polar surface area (TPSA) is 29.5 Å². The van der Waals surface area contributed by atoms with Crippen molar-refractivity contribution in [1.82, 2.24) is 4.90 Å². The van der Waals surface area contributed by atoms with Gasteiger partial charge in [0.15, 0.2) is 0 Å². The van der Waals surface area contributed by atoms with Crippen molar-refractivity contribution in [3.8, 4) is 5.75 Å². The quantitative estimate of drug-likeness (QED) is 0.768. The molecule has 0 aromatic heterocycles. The average Bonchev–Trinajstić information content (AvgIpc) is 2.29. The van der Waals surface area contributed by atoms with Crippen molar-refractivity contribution >= 4 is 17.9 Å². The molecule has 0 aliphatic carbocycles. The van der Waals surface area contributed by atoms with Crippen molar-refractivity contribution in [2.24, 2.45) is 0 Å². The van der Waals surface area contributed by atoms with Gasteiger partial charge in [0.2, 0.25) is 0 Å². The fraction of sp³-hybridized carbons (Fsp3) is 0.462. The van der Waals surface area contributed by atoms with E-state index in [1.54, 1.807) is 17.0 Å². The van der Waals surface area contributed by atoms with Gasteiger partial charge < -0.3 is 9.64 Å². The predicted octanol–water partition coefficient (Wildman–Crippen LogP) is 3.01. The van der Waals surface area contributed by atoms with E-state index in [0.29, 0.717) is 16.2 Å². The molecule has 1 heterocycles. The number of rotatable bonds is 1. The van der Waals surface area contributed by atoms with E-state index in [2.05, 4.69) is 13.8 Å². The molecule has 3 nitrogen and oxygen atoms in total. The second-order valence-corrected chi connectivity index (χ2v) is 6.22. The van der Waals surface area contributed by atoms with Gasteiger partial charge >= 0.3 is 6.09 Å². The average molecular weight is 251 g/mol. The number of benzene rings is 1. The first kappa shape index (κ1) is 12.3. The smallest absolute Gasteiger partial charge is 0.410 e. The first-order valence-electron chi connectivity index (χ1n) is 5.82. The van der Waals surface area contributed by atoms with E-state index in [0.717, 1.165) is 13.1 Å². The molecule has 1 fully saturated rings. The number of carbonyl (C=O) groups is 1. The molecule has 0 radical (unpaired) electrons. The summed E-state index contributed by atoms with van der Waals surface area (Å²) in [7, 11) is 0. The maximum absolute atomic E-state index is 12.0. The van der Waals surface area contributed by atoms with Crippen LogP contribution in [-0.4, -0.2) is 34.6 Å². The van der Waals surface area contributed by atoms with Gasteiger partial charge in [0.05, 0.1) is 0 Å². The number of para-hydroxylation sites is 1. The van der Waals surface area contributed by atoms with Crippen LogP contribution in [0, 0.1) is 0 Å². The summed E-state index contributed by atoms with van der Waals surface area (Å²) >= 11 is 1.92. The van der Waals surface area contributed by atoms with Gasteiger partial charge in [-0.15, -0.1) is 0 Å². The molecule has 0 N–H and O–H groups in total. The number of hydrogen-bond donors (Lipinski definition) is 0. The minimum Gasteiger partial charge on any atom is -0.410 e. The number of amides is 1. The third kappa shape index (κ3) is 3.40. The van der Waals surface area contributed by atoms with Gasteiger partial charge in [-0.3, -0.25) is 0 Å². The maximum atomic E-state index is 12.0. The van der Waals surface area contributed by atoms with Crippen LogP contribution in [0.2, 0.25) is 0 Å². The van der Waals surface area contributed by atoms with Gasteiger partial charge in [-0.25, -0.2) is 4.79 Å². The van der Waals surface area contributed by atoms with Crippen molar-refractivity contribution in [3.05, 3.63) is 30.3 Å². The summed E-state index contributed by atoms with van der Waals surface area (Å²) in [5, 5.41) is 0.948. The molecule has 2 unspecified atom stereocenters. The molecule has 0 bridgehead atoms. The van der Waals surface area contributed by atoms with E-state index < -0.39 is 0 Å². The van der Waals surface area contributed by atoms with Gasteiger partial charge in [0, 0.05) is 23.6 Å². The van der Waals surface area contributed by atoms with Crippen LogP contribution in [-0.2, 0) is 0 Å². The predicted molar refractivity (Wildman–Crippen MR) is 70.6 cm³/mol. The highest BCUT2D eigenvalue weighted by molar-refractivity contribution is 8.00. The summed E-state index contributed by atoms with van der Waals surface area (Å²) in [6.45, 7) is 5.81. The highest BCUT2D eigenvalue weighted by atomic mass is 32.2. The molecule has 1 aromatic rings. The second kappa shape index (κ2) is 5.45. The lowest BCUT2D eigenvalue weighted by Gasteiger charge is -2.33. The SMILES string of the molecule is CC1CN(C(=O)Oc2ccccc2)CC(C)S1. The summed E-state index contributed by atoms with van der Waals surface area (Å²) in [5.41, 5.74) is 0. The second-order valence-electron chi connectivity index (χ2n) is 4.34.